The highest BCUT2D eigenvalue weighted by Crippen LogP contribution is 2.30. The van der Waals surface area contributed by atoms with Crippen molar-refractivity contribution in [2.24, 2.45) is 0 Å². The predicted octanol–water partition coefficient (Wildman–Crippen LogP) is 2.77. The molecule has 3 aromatic rings. The maximum absolute atomic E-state index is 13.3. The molecule has 1 atom stereocenters. The van der Waals surface area contributed by atoms with E-state index in [9.17, 15) is 18.0 Å². The lowest BCUT2D eigenvalue weighted by Crippen LogP contribution is -2.35. The van der Waals surface area contributed by atoms with Crippen molar-refractivity contribution in [1.29, 1.82) is 0 Å². The molecular weight excluding hydrogens is 387 g/mol. The van der Waals surface area contributed by atoms with Crippen LogP contribution in [0.15, 0.2) is 42.9 Å². The average molecular weight is 405 g/mol. The zero-order valence-corrected chi connectivity index (χ0v) is 15.6. The van der Waals surface area contributed by atoms with Crippen LogP contribution in [0.4, 0.5) is 13.2 Å². The topological polar surface area (TPSA) is 92.9 Å². The van der Waals surface area contributed by atoms with Gasteiger partial charge in [-0.15, -0.1) is 0 Å². The van der Waals surface area contributed by atoms with E-state index < -0.39 is 23.9 Å². The van der Waals surface area contributed by atoms with E-state index in [0.29, 0.717) is 15.9 Å². The Kier molecular flexibility index (Phi) is 5.64. The number of nitrogens with one attached hydrogen (secondary N) is 1. The Morgan fingerprint density at radius 2 is 2.00 bits per heavy atom. The van der Waals surface area contributed by atoms with E-state index in [2.05, 4.69) is 20.4 Å². The Labute approximate surface area is 164 Å². The number of carbonyl (C=O) groups is 1. The summed E-state index contributed by atoms with van der Waals surface area (Å²) in [6.07, 6.45) is -2.30. The van der Waals surface area contributed by atoms with Crippen LogP contribution in [0.5, 0.6) is 0 Å². The molecule has 2 heterocycles. The van der Waals surface area contributed by atoms with Crippen molar-refractivity contribution < 1.29 is 23.1 Å². The number of aliphatic hydroxyl groups is 1. The molecule has 29 heavy (non-hydrogen) atoms. The Morgan fingerprint density at radius 3 is 2.62 bits per heavy atom. The summed E-state index contributed by atoms with van der Waals surface area (Å²) < 4.78 is 40.4. The van der Waals surface area contributed by atoms with Gasteiger partial charge in [-0.2, -0.15) is 18.3 Å². The van der Waals surface area contributed by atoms with Gasteiger partial charge in [-0.1, -0.05) is 6.07 Å². The van der Waals surface area contributed by atoms with Crippen molar-refractivity contribution in [3.63, 3.8) is 0 Å². The molecule has 152 valence electrons. The number of halogens is 3. The highest BCUT2D eigenvalue weighted by molar-refractivity contribution is 5.96. The molecule has 2 N–H and O–H groups in total. The van der Waals surface area contributed by atoms with Crippen LogP contribution in [0.25, 0.3) is 16.9 Å². The molecule has 1 amide bonds. The van der Waals surface area contributed by atoms with Gasteiger partial charge in [0.1, 0.15) is 6.33 Å². The van der Waals surface area contributed by atoms with E-state index in [1.54, 1.807) is 25.3 Å². The minimum Gasteiger partial charge on any atom is -0.394 e. The summed E-state index contributed by atoms with van der Waals surface area (Å²) >= 11 is 0. The van der Waals surface area contributed by atoms with Gasteiger partial charge in [0.25, 0.3) is 5.91 Å². The SMILES string of the molecule is Cc1ccc(-c2cc(C(=O)NC(C)CO)cc(-n3ncnc3C(F)(F)F)c2)nc1. The van der Waals surface area contributed by atoms with Crippen LogP contribution in [0.2, 0.25) is 0 Å². The van der Waals surface area contributed by atoms with Crippen molar-refractivity contribution in [2.75, 3.05) is 6.61 Å². The highest BCUT2D eigenvalue weighted by atomic mass is 19.4. The van der Waals surface area contributed by atoms with E-state index in [4.69, 9.17) is 5.11 Å². The van der Waals surface area contributed by atoms with E-state index >= 15 is 0 Å². The second kappa shape index (κ2) is 8.00. The molecule has 1 aromatic carbocycles. The summed E-state index contributed by atoms with van der Waals surface area (Å²) in [4.78, 5) is 20.1. The van der Waals surface area contributed by atoms with Crippen LogP contribution in [0.1, 0.15) is 28.7 Å². The number of amides is 1. The Hall–Kier alpha value is -3.27. The molecule has 1 unspecified atom stereocenters. The zero-order chi connectivity index (χ0) is 21.2. The molecule has 0 saturated heterocycles. The van der Waals surface area contributed by atoms with Crippen LogP contribution in [0.3, 0.4) is 0 Å². The number of carbonyl (C=O) groups excluding carboxylic acids is 1. The monoisotopic (exact) mass is 405 g/mol. The molecule has 0 aliphatic rings. The third kappa shape index (κ3) is 4.60. The first kappa shape index (κ1) is 20.5. The van der Waals surface area contributed by atoms with Gasteiger partial charge in [-0.05, 0) is 43.7 Å². The smallest absolute Gasteiger partial charge is 0.394 e. The standard InChI is InChI=1S/C19H18F3N5O2/c1-11-3-4-16(23-8-11)13-5-14(17(29)26-12(2)9-28)7-15(6-13)27-18(19(20,21)22)24-10-25-27/h3-8,10,12,28H,9H2,1-2H3,(H,26,29). The first-order chi connectivity index (χ1) is 13.7. The van der Waals surface area contributed by atoms with E-state index in [1.165, 1.54) is 18.2 Å². The van der Waals surface area contributed by atoms with E-state index in [-0.39, 0.29) is 17.9 Å². The number of aromatic nitrogens is 4. The quantitative estimate of drug-likeness (QED) is 0.681. The van der Waals surface area contributed by atoms with Crippen molar-refractivity contribution in [3.8, 4) is 16.9 Å². The maximum atomic E-state index is 13.3. The fraction of sp³-hybridized carbons (Fsp3) is 0.263. The number of nitrogens with zero attached hydrogens (tertiary/aromatic N) is 4. The molecule has 0 radical (unpaired) electrons. The normalized spacial score (nSPS) is 12.6. The molecule has 0 bridgehead atoms. The lowest BCUT2D eigenvalue weighted by Gasteiger charge is -2.14. The lowest BCUT2D eigenvalue weighted by atomic mass is 10.0. The van der Waals surface area contributed by atoms with Gasteiger partial charge in [0.2, 0.25) is 5.82 Å². The summed E-state index contributed by atoms with van der Waals surface area (Å²) in [7, 11) is 0. The third-order valence-corrected chi connectivity index (χ3v) is 4.08. The Balaban J connectivity index is 2.14. The number of aliphatic hydroxyl groups excluding tert-OH is 1. The molecule has 0 aliphatic carbocycles. The summed E-state index contributed by atoms with van der Waals surface area (Å²) in [5, 5.41) is 15.4. The molecule has 0 spiro atoms. The number of hydrogen-bond acceptors (Lipinski definition) is 5. The zero-order valence-electron chi connectivity index (χ0n) is 15.6. The van der Waals surface area contributed by atoms with Gasteiger partial charge < -0.3 is 10.4 Å². The number of aryl methyl sites for hydroxylation is 1. The highest BCUT2D eigenvalue weighted by Gasteiger charge is 2.37. The van der Waals surface area contributed by atoms with Gasteiger partial charge in [-0.3, -0.25) is 9.78 Å². The third-order valence-electron chi connectivity index (χ3n) is 4.08. The van der Waals surface area contributed by atoms with Crippen molar-refractivity contribution in [1.82, 2.24) is 25.1 Å². The fourth-order valence-corrected chi connectivity index (χ4v) is 2.63. The molecule has 0 aliphatic heterocycles. The fourth-order valence-electron chi connectivity index (χ4n) is 2.63. The maximum Gasteiger partial charge on any atom is 0.451 e. The first-order valence-corrected chi connectivity index (χ1v) is 8.66. The molecule has 7 nitrogen and oxygen atoms in total. The molecule has 0 saturated carbocycles. The number of benzene rings is 1. The predicted molar refractivity (Wildman–Crippen MR) is 98.3 cm³/mol. The van der Waals surface area contributed by atoms with Crippen LogP contribution in [-0.2, 0) is 6.18 Å². The Morgan fingerprint density at radius 1 is 1.24 bits per heavy atom. The molecule has 10 heteroatoms. The summed E-state index contributed by atoms with van der Waals surface area (Å²) in [6.45, 7) is 3.18. The van der Waals surface area contributed by atoms with Crippen molar-refractivity contribution >= 4 is 5.91 Å². The van der Waals surface area contributed by atoms with Gasteiger partial charge in [0, 0.05) is 23.4 Å². The van der Waals surface area contributed by atoms with Crippen LogP contribution in [0, 0.1) is 6.92 Å². The number of hydrogen-bond donors (Lipinski definition) is 2. The largest absolute Gasteiger partial charge is 0.451 e. The van der Waals surface area contributed by atoms with Crippen LogP contribution in [-0.4, -0.2) is 43.4 Å². The van der Waals surface area contributed by atoms with E-state index in [1.807, 2.05) is 6.92 Å². The second-order valence-electron chi connectivity index (χ2n) is 6.54. The Bertz CT molecular complexity index is 1020. The van der Waals surface area contributed by atoms with Crippen molar-refractivity contribution in [2.45, 2.75) is 26.1 Å². The minimum absolute atomic E-state index is 0.0106. The van der Waals surface area contributed by atoms with Gasteiger partial charge >= 0.3 is 6.18 Å². The van der Waals surface area contributed by atoms with Gasteiger partial charge in [-0.25, -0.2) is 9.67 Å². The molecule has 0 fully saturated rings. The average Bonchev–Trinajstić information content (AvgIpc) is 3.18. The summed E-state index contributed by atoms with van der Waals surface area (Å²) in [5.74, 6) is -1.75. The number of pyridine rings is 1. The molecule has 3 rings (SSSR count). The van der Waals surface area contributed by atoms with Crippen molar-refractivity contribution in [3.05, 3.63) is 59.8 Å². The van der Waals surface area contributed by atoms with E-state index in [0.717, 1.165) is 11.9 Å². The van der Waals surface area contributed by atoms with Crippen LogP contribution >= 0.6 is 0 Å². The van der Waals surface area contributed by atoms with Gasteiger partial charge in [0.05, 0.1) is 18.0 Å². The molecular formula is C19H18F3N5O2. The number of alkyl halides is 3. The molecule has 2 aromatic heterocycles. The van der Waals surface area contributed by atoms with Gasteiger partial charge in [0.15, 0.2) is 0 Å². The summed E-state index contributed by atoms with van der Waals surface area (Å²) in [5.41, 5.74) is 1.94. The number of rotatable bonds is 5. The minimum atomic E-state index is -4.72. The van der Waals surface area contributed by atoms with Crippen LogP contribution < -0.4 is 5.32 Å². The first-order valence-electron chi connectivity index (χ1n) is 8.66. The second-order valence-corrected chi connectivity index (χ2v) is 6.54. The summed E-state index contributed by atoms with van der Waals surface area (Å²) in [6, 6.07) is 7.24. The lowest BCUT2D eigenvalue weighted by molar-refractivity contribution is -0.146.